The Hall–Kier alpha value is -1.30. The maximum Gasteiger partial charge on any atom is 0.134 e. The Morgan fingerprint density at radius 3 is 2.80 bits per heavy atom. The number of nitrogens with zero attached hydrogens (tertiary/aromatic N) is 2. The maximum absolute atomic E-state index is 10.2. The lowest BCUT2D eigenvalue weighted by Gasteiger charge is -2.26. The van der Waals surface area contributed by atoms with Crippen LogP contribution in [0.4, 0.5) is 5.82 Å². The van der Waals surface area contributed by atoms with Crippen molar-refractivity contribution in [2.45, 2.75) is 37.3 Å². The second kappa shape index (κ2) is 6.45. The molecule has 25 heavy (non-hydrogen) atoms. The van der Waals surface area contributed by atoms with Gasteiger partial charge in [0.2, 0.25) is 0 Å². The fourth-order valence-electron chi connectivity index (χ4n) is 4.24. The van der Waals surface area contributed by atoms with E-state index in [9.17, 15) is 5.11 Å². The highest BCUT2D eigenvalue weighted by molar-refractivity contribution is 9.10. The number of fused-ring (bicyclic) bond motifs is 2. The highest BCUT2D eigenvalue weighted by atomic mass is 79.9. The summed E-state index contributed by atoms with van der Waals surface area (Å²) in [6.07, 6.45) is 4.02. The van der Waals surface area contributed by atoms with Crippen molar-refractivity contribution in [1.29, 1.82) is 0 Å². The third-order valence-corrected chi connectivity index (χ3v) is 6.61. The number of pyridine rings is 1. The smallest absolute Gasteiger partial charge is 0.134 e. The maximum atomic E-state index is 10.2. The van der Waals surface area contributed by atoms with Gasteiger partial charge in [-0.1, -0.05) is 23.7 Å². The molecule has 2 atom stereocenters. The first-order valence-electron chi connectivity index (χ1n) is 8.43. The van der Waals surface area contributed by atoms with Crippen LogP contribution in [0.5, 0.6) is 5.75 Å². The standard InChI is InChI=1S/C19H20BrClN2O2/c1-25-14-4-2-12(3-5-14)10-23-11-19(7-6-13(24)8-19)16-17(21)15(20)9-22-18(16)23/h2-5,9,13,24H,6-8,10-11H2,1H3. The lowest BCUT2D eigenvalue weighted by Crippen LogP contribution is -2.31. The summed E-state index contributed by atoms with van der Waals surface area (Å²) >= 11 is 10.2. The quantitative estimate of drug-likeness (QED) is 0.799. The molecule has 1 aliphatic carbocycles. The van der Waals surface area contributed by atoms with E-state index in [1.807, 2.05) is 12.1 Å². The minimum atomic E-state index is -0.260. The number of ether oxygens (including phenoxy) is 1. The van der Waals surface area contributed by atoms with Crippen molar-refractivity contribution in [3.8, 4) is 5.75 Å². The van der Waals surface area contributed by atoms with Crippen molar-refractivity contribution in [2.75, 3.05) is 18.6 Å². The molecule has 1 saturated carbocycles. The summed E-state index contributed by atoms with van der Waals surface area (Å²) in [4.78, 5) is 6.95. The summed E-state index contributed by atoms with van der Waals surface area (Å²) in [6, 6.07) is 8.10. The number of anilines is 1. The van der Waals surface area contributed by atoms with Gasteiger partial charge in [0, 0.05) is 30.3 Å². The fourth-order valence-corrected chi connectivity index (χ4v) is 4.87. The summed E-state index contributed by atoms with van der Waals surface area (Å²) in [7, 11) is 1.67. The first-order valence-corrected chi connectivity index (χ1v) is 9.60. The van der Waals surface area contributed by atoms with Gasteiger partial charge < -0.3 is 14.7 Å². The number of aliphatic hydroxyl groups excluding tert-OH is 1. The van der Waals surface area contributed by atoms with Gasteiger partial charge in [-0.05, 0) is 52.9 Å². The average molecular weight is 424 g/mol. The van der Waals surface area contributed by atoms with E-state index >= 15 is 0 Å². The monoisotopic (exact) mass is 422 g/mol. The molecule has 1 aromatic carbocycles. The van der Waals surface area contributed by atoms with Crippen LogP contribution < -0.4 is 9.64 Å². The van der Waals surface area contributed by atoms with Gasteiger partial charge in [-0.25, -0.2) is 4.98 Å². The molecule has 1 spiro atoms. The molecule has 2 heterocycles. The van der Waals surface area contributed by atoms with Crippen molar-refractivity contribution in [2.24, 2.45) is 0 Å². The zero-order valence-electron chi connectivity index (χ0n) is 14.0. The van der Waals surface area contributed by atoms with Crippen LogP contribution in [0.15, 0.2) is 34.9 Å². The highest BCUT2D eigenvalue weighted by Gasteiger charge is 2.49. The van der Waals surface area contributed by atoms with E-state index < -0.39 is 0 Å². The molecule has 0 radical (unpaired) electrons. The molecule has 1 fully saturated rings. The number of hydrogen-bond donors (Lipinski definition) is 1. The Balaban J connectivity index is 1.70. The zero-order valence-corrected chi connectivity index (χ0v) is 16.3. The Labute approximate surface area is 160 Å². The molecular formula is C19H20BrClN2O2. The van der Waals surface area contributed by atoms with Gasteiger partial charge in [-0.3, -0.25) is 0 Å². The van der Waals surface area contributed by atoms with Gasteiger partial charge in [0.05, 0.1) is 22.7 Å². The molecule has 2 aromatic rings. The van der Waals surface area contributed by atoms with Gasteiger partial charge >= 0.3 is 0 Å². The molecule has 2 unspecified atom stereocenters. The summed E-state index contributed by atoms with van der Waals surface area (Å²) in [5, 5.41) is 10.9. The van der Waals surface area contributed by atoms with Crippen molar-refractivity contribution >= 4 is 33.3 Å². The van der Waals surface area contributed by atoms with E-state index in [0.717, 1.165) is 59.0 Å². The minimum Gasteiger partial charge on any atom is -0.497 e. The summed E-state index contributed by atoms with van der Waals surface area (Å²) < 4.78 is 6.06. The van der Waals surface area contributed by atoms with E-state index in [4.69, 9.17) is 16.3 Å². The molecule has 6 heteroatoms. The van der Waals surface area contributed by atoms with Crippen LogP contribution in [0.2, 0.25) is 5.02 Å². The average Bonchev–Trinajstić information content (AvgIpc) is 3.12. The van der Waals surface area contributed by atoms with Crippen LogP contribution in [-0.4, -0.2) is 29.8 Å². The van der Waals surface area contributed by atoms with Crippen molar-refractivity contribution < 1.29 is 9.84 Å². The van der Waals surface area contributed by atoms with Gasteiger partial charge in [0.15, 0.2) is 0 Å². The third-order valence-electron chi connectivity index (χ3n) is 5.39. The van der Waals surface area contributed by atoms with Crippen LogP contribution in [0, 0.1) is 0 Å². The number of benzene rings is 1. The van der Waals surface area contributed by atoms with Crippen molar-refractivity contribution in [3.05, 3.63) is 51.1 Å². The molecular weight excluding hydrogens is 404 g/mol. The van der Waals surface area contributed by atoms with Crippen LogP contribution in [0.3, 0.4) is 0 Å². The van der Waals surface area contributed by atoms with Crippen LogP contribution >= 0.6 is 27.5 Å². The summed E-state index contributed by atoms with van der Waals surface area (Å²) in [6.45, 7) is 1.61. The van der Waals surface area contributed by atoms with Crippen LogP contribution in [0.1, 0.15) is 30.4 Å². The fraction of sp³-hybridized carbons (Fsp3) is 0.421. The van der Waals surface area contributed by atoms with Gasteiger partial charge in [0.25, 0.3) is 0 Å². The first kappa shape index (κ1) is 17.1. The molecule has 2 aliphatic rings. The van der Waals surface area contributed by atoms with Crippen LogP contribution in [0.25, 0.3) is 0 Å². The van der Waals surface area contributed by atoms with Gasteiger partial charge in [-0.2, -0.15) is 0 Å². The molecule has 0 bridgehead atoms. The Kier molecular flexibility index (Phi) is 4.42. The Bertz CT molecular complexity index is 799. The van der Waals surface area contributed by atoms with Crippen molar-refractivity contribution in [1.82, 2.24) is 4.98 Å². The van der Waals surface area contributed by atoms with E-state index in [0.29, 0.717) is 0 Å². The molecule has 4 nitrogen and oxygen atoms in total. The van der Waals surface area contributed by atoms with Crippen LogP contribution in [-0.2, 0) is 12.0 Å². The lowest BCUT2D eigenvalue weighted by atomic mass is 9.81. The molecule has 1 N–H and O–H groups in total. The SMILES string of the molecule is COc1ccc(CN2CC3(CCC(O)C3)c3c2ncc(Br)c3Cl)cc1. The zero-order chi connectivity index (χ0) is 17.6. The van der Waals surface area contributed by atoms with E-state index in [-0.39, 0.29) is 11.5 Å². The molecule has 1 aliphatic heterocycles. The first-order chi connectivity index (χ1) is 12.0. The Morgan fingerprint density at radius 2 is 2.16 bits per heavy atom. The van der Waals surface area contributed by atoms with E-state index in [1.54, 1.807) is 13.3 Å². The number of rotatable bonds is 3. The van der Waals surface area contributed by atoms with Gasteiger partial charge in [0.1, 0.15) is 11.6 Å². The van der Waals surface area contributed by atoms with Crippen molar-refractivity contribution in [3.63, 3.8) is 0 Å². The lowest BCUT2D eigenvalue weighted by molar-refractivity contribution is 0.175. The predicted octanol–water partition coefficient (Wildman–Crippen LogP) is 4.31. The number of hydrogen-bond acceptors (Lipinski definition) is 4. The molecule has 4 rings (SSSR count). The Morgan fingerprint density at radius 1 is 1.40 bits per heavy atom. The minimum absolute atomic E-state index is 0.102. The number of aliphatic hydroxyl groups is 1. The molecule has 0 amide bonds. The number of halogens is 2. The second-order valence-electron chi connectivity index (χ2n) is 7.00. The predicted molar refractivity (Wildman–Crippen MR) is 103 cm³/mol. The highest BCUT2D eigenvalue weighted by Crippen LogP contribution is 2.53. The molecule has 0 saturated heterocycles. The topological polar surface area (TPSA) is 45.6 Å². The third kappa shape index (κ3) is 2.92. The van der Waals surface area contributed by atoms with E-state index in [1.165, 1.54) is 5.56 Å². The molecule has 132 valence electrons. The van der Waals surface area contributed by atoms with Gasteiger partial charge in [-0.15, -0.1) is 0 Å². The summed E-state index contributed by atoms with van der Waals surface area (Å²) in [5.41, 5.74) is 2.19. The largest absolute Gasteiger partial charge is 0.497 e. The normalized spacial score (nSPS) is 24.8. The molecule has 1 aromatic heterocycles. The van der Waals surface area contributed by atoms with E-state index in [2.05, 4.69) is 37.9 Å². The summed E-state index contributed by atoms with van der Waals surface area (Å²) in [5.74, 6) is 1.80. The second-order valence-corrected chi connectivity index (χ2v) is 8.23. The number of methoxy groups -OCH3 is 1. The number of aromatic nitrogens is 1.